The Bertz CT molecular complexity index is 1760. The molecule has 0 unspecified atom stereocenters. The molecule has 9 heteroatoms. The van der Waals surface area contributed by atoms with Gasteiger partial charge in [-0.05, 0) is 141 Å². The van der Waals surface area contributed by atoms with Crippen LogP contribution in [-0.2, 0) is 23.9 Å². The van der Waals surface area contributed by atoms with Crippen molar-refractivity contribution in [2.45, 2.75) is 146 Å². The fourth-order valence-electron chi connectivity index (χ4n) is 12.9. The Morgan fingerprint density at radius 3 is 2.31 bits per heavy atom. The van der Waals surface area contributed by atoms with Gasteiger partial charge in [0.2, 0.25) is 5.91 Å². The van der Waals surface area contributed by atoms with Gasteiger partial charge < -0.3 is 15.2 Å². The third kappa shape index (κ3) is 6.48. The van der Waals surface area contributed by atoms with E-state index in [0.29, 0.717) is 23.3 Å². The molecule has 0 saturated heterocycles. The molecule has 5 aliphatic carbocycles. The maximum Gasteiger partial charge on any atom is 0.309 e. The first kappa shape index (κ1) is 40.7. The first-order chi connectivity index (χ1) is 25.0. The average molecular weight is 763 g/mol. The number of carboxylic acids is 1. The molecule has 0 radical (unpaired) electrons. The third-order valence-electron chi connectivity index (χ3n) is 16.0. The second kappa shape index (κ2) is 13.9. The quantitative estimate of drug-likeness (QED) is 0.190. The Hall–Kier alpha value is -3.00. The highest BCUT2D eigenvalue weighted by molar-refractivity contribution is 6.30. The summed E-state index contributed by atoms with van der Waals surface area (Å²) in [5.74, 6) is -0.191. The number of hydrogen-bond acceptors (Lipinski definition) is 6. The van der Waals surface area contributed by atoms with E-state index in [2.05, 4.69) is 64.8 Å². The van der Waals surface area contributed by atoms with Crippen molar-refractivity contribution in [3.05, 3.63) is 52.3 Å². The molecule has 0 spiro atoms. The summed E-state index contributed by atoms with van der Waals surface area (Å²) in [5.41, 5.74) is 1.22. The predicted molar refractivity (Wildman–Crippen MR) is 210 cm³/mol. The van der Waals surface area contributed by atoms with Gasteiger partial charge in [-0.1, -0.05) is 66.1 Å². The molecule has 1 aromatic rings. The van der Waals surface area contributed by atoms with Crippen LogP contribution in [0.1, 0.15) is 145 Å². The zero-order chi connectivity index (χ0) is 39.8. The minimum Gasteiger partial charge on any atom is -0.481 e. The maximum absolute atomic E-state index is 14.0. The molecule has 1 heterocycles. The number of rotatable bonds is 9. The molecule has 2 N–H and O–H groups in total. The van der Waals surface area contributed by atoms with Crippen LogP contribution in [0.15, 0.2) is 41.6 Å². The first-order valence-corrected chi connectivity index (χ1v) is 20.7. The van der Waals surface area contributed by atoms with Gasteiger partial charge in [-0.15, -0.1) is 0 Å². The zero-order valence-corrected chi connectivity index (χ0v) is 35.0. The number of aromatic nitrogens is 1. The smallest absolute Gasteiger partial charge is 0.309 e. The number of aliphatic carboxylic acids is 1. The van der Waals surface area contributed by atoms with Crippen molar-refractivity contribution < 1.29 is 29.0 Å². The van der Waals surface area contributed by atoms with Gasteiger partial charge in [-0.2, -0.15) is 0 Å². The highest BCUT2D eigenvalue weighted by atomic mass is 35.5. The van der Waals surface area contributed by atoms with Gasteiger partial charge >= 0.3 is 11.9 Å². The zero-order valence-electron chi connectivity index (χ0n) is 34.2. The first-order valence-electron chi connectivity index (χ1n) is 20.3. The number of hydrogen-bond donors (Lipinski definition) is 2. The largest absolute Gasteiger partial charge is 0.481 e. The van der Waals surface area contributed by atoms with E-state index in [9.17, 15) is 24.3 Å². The minimum atomic E-state index is -1.17. The van der Waals surface area contributed by atoms with Crippen molar-refractivity contribution in [3.63, 3.8) is 0 Å². The second-order valence-electron chi connectivity index (χ2n) is 20.0. The van der Waals surface area contributed by atoms with Crippen molar-refractivity contribution in [1.29, 1.82) is 0 Å². The fourth-order valence-corrected chi connectivity index (χ4v) is 13.0. The van der Waals surface area contributed by atoms with Crippen molar-refractivity contribution in [1.82, 2.24) is 10.3 Å². The molecule has 9 atom stereocenters. The van der Waals surface area contributed by atoms with E-state index < -0.39 is 22.8 Å². The Labute approximate surface area is 327 Å². The van der Waals surface area contributed by atoms with Crippen LogP contribution in [0.25, 0.3) is 0 Å². The van der Waals surface area contributed by atoms with Crippen LogP contribution in [-0.4, -0.2) is 39.8 Å². The van der Waals surface area contributed by atoms with Crippen molar-refractivity contribution in [2.75, 3.05) is 0 Å². The number of amides is 1. The van der Waals surface area contributed by atoms with Crippen LogP contribution in [0.3, 0.4) is 0 Å². The molecule has 54 heavy (non-hydrogen) atoms. The van der Waals surface area contributed by atoms with E-state index in [1.165, 1.54) is 5.57 Å². The summed E-state index contributed by atoms with van der Waals surface area (Å²) in [7, 11) is 0. The lowest BCUT2D eigenvalue weighted by atomic mass is 9.33. The third-order valence-corrected chi connectivity index (χ3v) is 16.2. The maximum atomic E-state index is 14.0. The van der Waals surface area contributed by atoms with Crippen molar-refractivity contribution >= 4 is 35.2 Å². The van der Waals surface area contributed by atoms with Gasteiger partial charge in [0.1, 0.15) is 6.10 Å². The number of nitrogens with zero attached hydrogens (tertiary/aromatic N) is 1. The van der Waals surface area contributed by atoms with E-state index in [-0.39, 0.29) is 63.8 Å². The monoisotopic (exact) mass is 762 g/mol. The van der Waals surface area contributed by atoms with Gasteiger partial charge in [-0.25, -0.2) is 0 Å². The lowest BCUT2D eigenvalue weighted by Crippen LogP contribution is -2.65. The fraction of sp³-hybridized carbons (Fsp3) is 0.711. The summed E-state index contributed by atoms with van der Waals surface area (Å²) >= 11 is 6.03. The van der Waals surface area contributed by atoms with Gasteiger partial charge in [0, 0.05) is 23.4 Å². The second-order valence-corrected chi connectivity index (χ2v) is 20.5. The molecular formula is C45H63ClN2O6. The highest BCUT2D eigenvalue weighted by Crippen LogP contribution is 2.77. The number of carbonyl (C=O) groups excluding carboxylic acids is 3. The summed E-state index contributed by atoms with van der Waals surface area (Å²) in [4.78, 5) is 56.6. The number of ether oxygens (including phenoxy) is 1. The van der Waals surface area contributed by atoms with Gasteiger partial charge in [0.25, 0.3) is 0 Å². The van der Waals surface area contributed by atoms with Crippen LogP contribution in [0.5, 0.6) is 0 Å². The van der Waals surface area contributed by atoms with Crippen molar-refractivity contribution in [3.8, 4) is 0 Å². The molecule has 4 fully saturated rings. The summed E-state index contributed by atoms with van der Waals surface area (Å²) < 4.78 is 6.16. The molecule has 4 saturated carbocycles. The van der Waals surface area contributed by atoms with Crippen LogP contribution < -0.4 is 5.32 Å². The number of halogens is 1. The standard InChI is InChI=1S/C45H63ClN2O6/c1-26(2)37-31(49)23-45(20-17-35(50)48-27(3)30-13-11-28(46)25-47-30)22-21-43(9)29(38(37)45)12-14-33-42(8)18-16-34(54-36(51)24-40(4,5)39(52)53)41(6,7)32(42)15-19-44(33,43)10/h11,13,17,20,25-27,29,32-34H,12,14-16,18-19,21-24H2,1-10H3,(H,48,50)(H,52,53)/t27-,29+,32-,33+,34-,42-,43+,44+,45-/m0/s1. The molecule has 296 valence electrons. The molecule has 0 aliphatic heterocycles. The Morgan fingerprint density at radius 1 is 0.981 bits per heavy atom. The van der Waals surface area contributed by atoms with E-state index in [0.717, 1.165) is 62.6 Å². The molecule has 8 nitrogen and oxygen atoms in total. The van der Waals surface area contributed by atoms with Crippen LogP contribution in [0, 0.1) is 56.2 Å². The normalized spacial score (nSPS) is 36.6. The lowest BCUT2D eigenvalue weighted by molar-refractivity contribution is -0.232. The number of fused-ring (bicyclic) bond motifs is 7. The number of carboxylic acid groups (broad SMARTS) is 1. The van der Waals surface area contributed by atoms with Gasteiger partial charge in [0.15, 0.2) is 5.78 Å². The van der Waals surface area contributed by atoms with E-state index in [1.54, 1.807) is 32.2 Å². The lowest BCUT2D eigenvalue weighted by Gasteiger charge is -2.72. The van der Waals surface area contributed by atoms with Gasteiger partial charge in [0.05, 0.1) is 28.6 Å². The number of ketones is 1. The molecule has 1 aromatic heterocycles. The number of carbonyl (C=O) groups is 4. The molecule has 6 rings (SSSR count). The molecule has 5 aliphatic rings. The SMILES string of the molecule is CC(C)C1=C2[C@H]3CC[C@@H]4[C@@]5(C)CC[C@H](OC(=O)CC(C)(C)C(=O)O)C(C)(C)[C@@H]5CC[C@@]4(C)[C@]3(C)CC[C@@]2(C=CC(=O)N[C@@H](C)c2ccc(Cl)cn2)CC1=O. The van der Waals surface area contributed by atoms with Crippen LogP contribution >= 0.6 is 11.6 Å². The topological polar surface area (TPSA) is 123 Å². The van der Waals surface area contributed by atoms with Crippen molar-refractivity contribution in [2.24, 2.45) is 56.2 Å². The summed E-state index contributed by atoms with van der Waals surface area (Å²) in [6, 6.07) is 3.30. The minimum absolute atomic E-state index is 0.0196. The molecular weight excluding hydrogens is 700 g/mol. The molecule has 1 amide bonds. The van der Waals surface area contributed by atoms with Crippen LogP contribution in [0.4, 0.5) is 0 Å². The van der Waals surface area contributed by atoms with E-state index in [4.69, 9.17) is 16.3 Å². The number of allylic oxidation sites excluding steroid dienone is 3. The highest BCUT2D eigenvalue weighted by Gasteiger charge is 2.70. The number of esters is 1. The summed E-state index contributed by atoms with van der Waals surface area (Å²) in [6.45, 7) is 21.5. The number of Topliss-reactive ketones (excluding diaryl/α,β-unsaturated/α-hetero) is 1. The molecule has 0 aromatic carbocycles. The Morgan fingerprint density at radius 2 is 1.69 bits per heavy atom. The summed E-state index contributed by atoms with van der Waals surface area (Å²) in [5, 5.41) is 13.2. The van der Waals surface area contributed by atoms with E-state index >= 15 is 0 Å². The van der Waals surface area contributed by atoms with E-state index in [1.807, 2.05) is 13.0 Å². The van der Waals surface area contributed by atoms with Gasteiger partial charge in [-0.3, -0.25) is 24.2 Å². The molecule has 0 bridgehead atoms. The predicted octanol–water partition coefficient (Wildman–Crippen LogP) is 9.86. The van der Waals surface area contributed by atoms with Crippen LogP contribution in [0.2, 0.25) is 5.02 Å². The Balaban J connectivity index is 1.26. The number of pyridine rings is 1. The average Bonchev–Trinajstić information content (AvgIpc) is 3.37. The number of nitrogens with one attached hydrogen (secondary N) is 1. The summed E-state index contributed by atoms with van der Waals surface area (Å²) in [6.07, 6.45) is 13.1. The Kier molecular flexibility index (Phi) is 10.5.